The predicted molar refractivity (Wildman–Crippen MR) is 79.3 cm³/mol. The Labute approximate surface area is 125 Å². The summed E-state index contributed by atoms with van der Waals surface area (Å²) in [5.41, 5.74) is -0.00377. The van der Waals surface area contributed by atoms with Crippen LogP contribution in [0.4, 0.5) is 0 Å². The fraction of sp³-hybridized carbons (Fsp3) is 0.667. The van der Waals surface area contributed by atoms with Crippen molar-refractivity contribution >= 4 is 11.8 Å². The fourth-order valence-electron chi connectivity index (χ4n) is 2.71. The second-order valence-electron chi connectivity index (χ2n) is 5.89. The molecular formula is C15H24N4O2. The van der Waals surface area contributed by atoms with Gasteiger partial charge in [0, 0.05) is 13.2 Å². The highest BCUT2D eigenvalue weighted by Crippen LogP contribution is 2.25. The number of amides is 2. The van der Waals surface area contributed by atoms with Gasteiger partial charge in [-0.15, -0.1) is 0 Å². The van der Waals surface area contributed by atoms with Crippen LogP contribution in [0.3, 0.4) is 0 Å². The molecule has 1 fully saturated rings. The molecule has 6 heteroatoms. The van der Waals surface area contributed by atoms with Gasteiger partial charge in [-0.25, -0.2) is 0 Å². The lowest BCUT2D eigenvalue weighted by molar-refractivity contribution is -0.155. The number of hydrogen-bond acceptors (Lipinski definition) is 3. The third-order valence-electron chi connectivity index (χ3n) is 4.18. The summed E-state index contributed by atoms with van der Waals surface area (Å²) in [4.78, 5) is 26.9. The van der Waals surface area contributed by atoms with Crippen LogP contribution < -0.4 is 5.32 Å². The first-order chi connectivity index (χ1) is 9.91. The van der Waals surface area contributed by atoms with E-state index in [1.165, 1.54) is 0 Å². The molecule has 1 aliphatic rings. The minimum Gasteiger partial charge on any atom is -0.340 e. The zero-order chi connectivity index (χ0) is 15.6. The van der Waals surface area contributed by atoms with E-state index in [9.17, 15) is 9.59 Å². The number of carbonyl (C=O) groups excluding carboxylic acids is 2. The SMILES string of the molecule is CCCC1C(=O)NC(C)(CC)C(=O)N1Cc1ccn(C)n1. The Morgan fingerprint density at radius 2 is 2.10 bits per heavy atom. The van der Waals surface area contributed by atoms with E-state index in [2.05, 4.69) is 10.4 Å². The topological polar surface area (TPSA) is 67.2 Å². The number of piperazine rings is 1. The molecule has 0 bridgehead atoms. The lowest BCUT2D eigenvalue weighted by Crippen LogP contribution is -2.68. The van der Waals surface area contributed by atoms with Crippen molar-refractivity contribution in [3.63, 3.8) is 0 Å². The first-order valence-electron chi connectivity index (χ1n) is 7.53. The molecule has 0 aliphatic carbocycles. The van der Waals surface area contributed by atoms with Gasteiger partial charge < -0.3 is 10.2 Å². The summed E-state index contributed by atoms with van der Waals surface area (Å²) in [7, 11) is 1.84. The number of nitrogens with zero attached hydrogens (tertiary/aromatic N) is 3. The van der Waals surface area contributed by atoms with Crippen LogP contribution in [-0.2, 0) is 23.2 Å². The molecule has 2 rings (SSSR count). The van der Waals surface area contributed by atoms with Gasteiger partial charge in [-0.1, -0.05) is 20.3 Å². The number of nitrogens with one attached hydrogen (secondary N) is 1. The van der Waals surface area contributed by atoms with Gasteiger partial charge in [-0.3, -0.25) is 14.3 Å². The van der Waals surface area contributed by atoms with Gasteiger partial charge in [0.05, 0.1) is 12.2 Å². The summed E-state index contributed by atoms with van der Waals surface area (Å²) >= 11 is 0. The Balaban J connectivity index is 2.29. The summed E-state index contributed by atoms with van der Waals surface area (Å²) in [6, 6.07) is 1.48. The van der Waals surface area contributed by atoms with Crippen molar-refractivity contribution in [1.82, 2.24) is 20.0 Å². The maximum atomic E-state index is 12.8. The van der Waals surface area contributed by atoms with Crippen LogP contribution in [0.2, 0.25) is 0 Å². The number of aryl methyl sites for hydroxylation is 1. The monoisotopic (exact) mass is 292 g/mol. The van der Waals surface area contributed by atoms with Crippen LogP contribution in [0.15, 0.2) is 12.3 Å². The zero-order valence-corrected chi connectivity index (χ0v) is 13.2. The molecule has 1 aliphatic heterocycles. The maximum absolute atomic E-state index is 12.8. The maximum Gasteiger partial charge on any atom is 0.249 e. The van der Waals surface area contributed by atoms with Gasteiger partial charge >= 0.3 is 0 Å². The quantitative estimate of drug-likeness (QED) is 0.887. The number of hydrogen-bond donors (Lipinski definition) is 1. The molecule has 2 atom stereocenters. The van der Waals surface area contributed by atoms with Crippen molar-refractivity contribution in [3.05, 3.63) is 18.0 Å². The lowest BCUT2D eigenvalue weighted by atomic mass is 9.90. The molecule has 116 valence electrons. The largest absolute Gasteiger partial charge is 0.340 e. The normalized spacial score (nSPS) is 26.1. The zero-order valence-electron chi connectivity index (χ0n) is 13.2. The van der Waals surface area contributed by atoms with Crippen LogP contribution in [0, 0.1) is 0 Å². The van der Waals surface area contributed by atoms with Crippen molar-refractivity contribution in [1.29, 1.82) is 0 Å². The van der Waals surface area contributed by atoms with Gasteiger partial charge in [0.25, 0.3) is 0 Å². The molecule has 2 heterocycles. The van der Waals surface area contributed by atoms with Gasteiger partial charge in [0.2, 0.25) is 11.8 Å². The molecule has 2 unspecified atom stereocenters. The molecule has 21 heavy (non-hydrogen) atoms. The van der Waals surface area contributed by atoms with Crippen LogP contribution in [0.25, 0.3) is 0 Å². The molecule has 1 aromatic rings. The van der Waals surface area contributed by atoms with Crippen molar-refractivity contribution < 1.29 is 9.59 Å². The standard InChI is InChI=1S/C15H24N4O2/c1-5-7-12-13(20)16-15(3,6-2)14(21)19(12)10-11-8-9-18(4)17-11/h8-9,12H,5-7,10H2,1-4H3,(H,16,20). The summed E-state index contributed by atoms with van der Waals surface area (Å²) in [6.07, 6.45) is 3.95. The van der Waals surface area contributed by atoms with Gasteiger partial charge in [0.1, 0.15) is 11.6 Å². The molecular weight excluding hydrogens is 268 g/mol. The predicted octanol–water partition coefficient (Wildman–Crippen LogP) is 1.22. The molecule has 6 nitrogen and oxygen atoms in total. The van der Waals surface area contributed by atoms with Crippen LogP contribution in [0.1, 0.15) is 45.7 Å². The highest BCUT2D eigenvalue weighted by molar-refractivity contribution is 5.99. The summed E-state index contributed by atoms with van der Waals surface area (Å²) in [6.45, 7) is 6.11. The fourth-order valence-corrected chi connectivity index (χ4v) is 2.71. The first-order valence-corrected chi connectivity index (χ1v) is 7.53. The summed E-state index contributed by atoms with van der Waals surface area (Å²) in [5.74, 6) is -0.0783. The Hall–Kier alpha value is -1.85. The van der Waals surface area contributed by atoms with E-state index in [-0.39, 0.29) is 11.8 Å². The molecule has 0 saturated carbocycles. The summed E-state index contributed by atoms with van der Waals surface area (Å²) in [5, 5.41) is 7.22. The molecule has 0 aromatic carbocycles. The van der Waals surface area contributed by atoms with Gasteiger partial charge in [0.15, 0.2) is 0 Å². The van der Waals surface area contributed by atoms with Crippen molar-refractivity contribution in [2.24, 2.45) is 7.05 Å². The van der Waals surface area contributed by atoms with E-state index in [1.54, 1.807) is 16.5 Å². The van der Waals surface area contributed by atoms with Crippen LogP contribution in [0.5, 0.6) is 0 Å². The number of carbonyl (C=O) groups is 2. The van der Waals surface area contributed by atoms with Gasteiger partial charge in [-0.05, 0) is 25.8 Å². The van der Waals surface area contributed by atoms with E-state index in [0.29, 0.717) is 19.4 Å². The Kier molecular flexibility index (Phi) is 4.34. The minimum absolute atomic E-state index is 0.0197. The average Bonchev–Trinajstić information content (AvgIpc) is 2.85. The smallest absolute Gasteiger partial charge is 0.249 e. The Bertz CT molecular complexity index is 540. The van der Waals surface area contributed by atoms with E-state index in [0.717, 1.165) is 12.1 Å². The number of aromatic nitrogens is 2. The highest BCUT2D eigenvalue weighted by Gasteiger charge is 2.46. The molecule has 0 radical (unpaired) electrons. The molecule has 1 aromatic heterocycles. The molecule has 1 N–H and O–H groups in total. The van der Waals surface area contributed by atoms with E-state index < -0.39 is 11.6 Å². The molecule has 2 amide bonds. The van der Waals surface area contributed by atoms with Crippen molar-refractivity contribution in [3.8, 4) is 0 Å². The van der Waals surface area contributed by atoms with Crippen molar-refractivity contribution in [2.75, 3.05) is 0 Å². The average molecular weight is 292 g/mol. The van der Waals surface area contributed by atoms with E-state index in [4.69, 9.17) is 0 Å². The van der Waals surface area contributed by atoms with Gasteiger partial charge in [-0.2, -0.15) is 5.10 Å². The third-order valence-corrected chi connectivity index (χ3v) is 4.18. The highest BCUT2D eigenvalue weighted by atomic mass is 16.2. The second-order valence-corrected chi connectivity index (χ2v) is 5.89. The van der Waals surface area contributed by atoms with E-state index >= 15 is 0 Å². The minimum atomic E-state index is -0.809. The third kappa shape index (κ3) is 2.94. The Morgan fingerprint density at radius 3 is 2.62 bits per heavy atom. The van der Waals surface area contributed by atoms with Crippen molar-refractivity contribution in [2.45, 2.75) is 58.2 Å². The van der Waals surface area contributed by atoms with E-state index in [1.807, 2.05) is 33.2 Å². The summed E-state index contributed by atoms with van der Waals surface area (Å²) < 4.78 is 1.71. The molecule has 0 spiro atoms. The Morgan fingerprint density at radius 1 is 1.38 bits per heavy atom. The lowest BCUT2D eigenvalue weighted by Gasteiger charge is -2.44. The second kappa shape index (κ2) is 5.87. The number of rotatable bonds is 5. The molecule has 1 saturated heterocycles. The van der Waals surface area contributed by atoms with Crippen LogP contribution >= 0.6 is 0 Å². The first kappa shape index (κ1) is 15.5. The van der Waals surface area contributed by atoms with Crippen LogP contribution in [-0.4, -0.2) is 38.1 Å².